The number of nitrogen functional groups attached to an aromatic ring is 1. The molecule has 0 saturated carbocycles. The van der Waals surface area contributed by atoms with Crippen LogP contribution in [-0.2, 0) is 4.79 Å². The van der Waals surface area contributed by atoms with Gasteiger partial charge in [0.1, 0.15) is 5.75 Å². The van der Waals surface area contributed by atoms with Crippen LogP contribution in [0.5, 0.6) is 5.75 Å². The summed E-state index contributed by atoms with van der Waals surface area (Å²) >= 11 is 1.14. The second-order valence-electron chi connectivity index (χ2n) is 4.63. The standard InChI is InChI=1S/C13H17N5O2S/c1-8(2)20-10-5-3-4-9(6-10)12-16-17-13(18(12)15)21-7-11(14)19/h3-6,8H,7,15H2,1-2H3,(H2,14,19). The molecule has 2 rings (SSSR count). The number of amides is 1. The Morgan fingerprint density at radius 2 is 2.19 bits per heavy atom. The van der Waals surface area contributed by atoms with Crippen molar-refractivity contribution in [2.45, 2.75) is 25.1 Å². The number of benzene rings is 1. The molecule has 2 aromatic rings. The maximum atomic E-state index is 10.8. The van der Waals surface area contributed by atoms with Gasteiger partial charge in [-0.1, -0.05) is 23.9 Å². The molecule has 0 radical (unpaired) electrons. The van der Waals surface area contributed by atoms with E-state index in [1.807, 2.05) is 38.1 Å². The third-order valence-electron chi connectivity index (χ3n) is 2.47. The van der Waals surface area contributed by atoms with Crippen molar-refractivity contribution in [1.29, 1.82) is 0 Å². The Morgan fingerprint density at radius 3 is 2.86 bits per heavy atom. The van der Waals surface area contributed by atoms with E-state index in [4.69, 9.17) is 16.3 Å². The third-order valence-corrected chi connectivity index (χ3v) is 3.44. The fraction of sp³-hybridized carbons (Fsp3) is 0.308. The minimum atomic E-state index is -0.433. The number of nitrogens with two attached hydrogens (primary N) is 2. The fourth-order valence-electron chi connectivity index (χ4n) is 1.69. The molecule has 0 atom stereocenters. The second kappa shape index (κ2) is 6.49. The van der Waals surface area contributed by atoms with Crippen LogP contribution >= 0.6 is 11.8 Å². The topological polar surface area (TPSA) is 109 Å². The van der Waals surface area contributed by atoms with Crippen molar-refractivity contribution in [3.05, 3.63) is 24.3 Å². The van der Waals surface area contributed by atoms with E-state index in [2.05, 4.69) is 10.2 Å². The van der Waals surface area contributed by atoms with Crippen molar-refractivity contribution in [1.82, 2.24) is 14.9 Å². The predicted octanol–water partition coefficient (Wildman–Crippen LogP) is 1.02. The number of nitrogens with zero attached hydrogens (tertiary/aromatic N) is 3. The number of ether oxygens (including phenoxy) is 1. The van der Waals surface area contributed by atoms with Crippen molar-refractivity contribution in [2.75, 3.05) is 11.6 Å². The zero-order valence-corrected chi connectivity index (χ0v) is 12.6. The highest BCUT2D eigenvalue weighted by molar-refractivity contribution is 7.99. The number of aromatic nitrogens is 3. The summed E-state index contributed by atoms with van der Waals surface area (Å²) in [5.74, 6) is 6.85. The zero-order chi connectivity index (χ0) is 15.4. The van der Waals surface area contributed by atoms with Gasteiger partial charge in [0.05, 0.1) is 11.9 Å². The molecule has 0 unspecified atom stereocenters. The number of carbonyl (C=O) groups excluding carboxylic acids is 1. The highest BCUT2D eigenvalue weighted by atomic mass is 32.2. The average molecular weight is 307 g/mol. The summed E-state index contributed by atoms with van der Waals surface area (Å²) < 4.78 is 6.97. The van der Waals surface area contributed by atoms with Crippen LogP contribution in [0.4, 0.5) is 0 Å². The van der Waals surface area contributed by atoms with Gasteiger partial charge in [0.2, 0.25) is 11.1 Å². The van der Waals surface area contributed by atoms with Crippen LogP contribution < -0.4 is 16.3 Å². The Hall–Kier alpha value is -2.22. The number of thioether (sulfide) groups is 1. The summed E-state index contributed by atoms with van der Waals surface area (Å²) in [6.45, 7) is 3.91. The summed E-state index contributed by atoms with van der Waals surface area (Å²) in [6.07, 6.45) is 0.0812. The monoisotopic (exact) mass is 307 g/mol. The molecule has 1 aromatic carbocycles. The van der Waals surface area contributed by atoms with Crippen molar-refractivity contribution in [3.8, 4) is 17.1 Å². The van der Waals surface area contributed by atoms with Gasteiger partial charge in [-0.05, 0) is 26.0 Å². The molecule has 112 valence electrons. The van der Waals surface area contributed by atoms with E-state index in [1.165, 1.54) is 4.68 Å². The second-order valence-corrected chi connectivity index (χ2v) is 5.57. The minimum absolute atomic E-state index is 0.0812. The van der Waals surface area contributed by atoms with Crippen molar-refractivity contribution < 1.29 is 9.53 Å². The molecule has 1 heterocycles. The molecule has 1 amide bonds. The van der Waals surface area contributed by atoms with E-state index in [-0.39, 0.29) is 11.9 Å². The van der Waals surface area contributed by atoms with E-state index in [0.29, 0.717) is 11.0 Å². The normalized spacial score (nSPS) is 10.8. The largest absolute Gasteiger partial charge is 0.491 e. The summed E-state index contributed by atoms with van der Waals surface area (Å²) in [4.78, 5) is 10.8. The van der Waals surface area contributed by atoms with Crippen LogP contribution in [0.2, 0.25) is 0 Å². The molecule has 0 saturated heterocycles. The Labute approximate surface area is 126 Å². The van der Waals surface area contributed by atoms with E-state index < -0.39 is 5.91 Å². The van der Waals surface area contributed by atoms with E-state index in [0.717, 1.165) is 23.1 Å². The van der Waals surface area contributed by atoms with Crippen LogP contribution in [-0.4, -0.2) is 32.6 Å². The number of carbonyl (C=O) groups is 1. The first kappa shape index (κ1) is 15.2. The quantitative estimate of drug-likeness (QED) is 0.609. The third kappa shape index (κ3) is 3.88. The van der Waals surface area contributed by atoms with Gasteiger partial charge in [-0.3, -0.25) is 4.79 Å². The van der Waals surface area contributed by atoms with Gasteiger partial charge < -0.3 is 16.3 Å². The fourth-order valence-corrected chi connectivity index (χ4v) is 2.28. The Balaban J connectivity index is 2.24. The first-order valence-electron chi connectivity index (χ1n) is 6.36. The molecule has 8 heteroatoms. The molecule has 7 nitrogen and oxygen atoms in total. The molecule has 0 aliphatic heterocycles. The Bertz CT molecular complexity index is 641. The van der Waals surface area contributed by atoms with Gasteiger partial charge in [0.15, 0.2) is 5.82 Å². The number of hydrogen-bond donors (Lipinski definition) is 2. The SMILES string of the molecule is CC(C)Oc1cccc(-c2nnc(SCC(N)=O)n2N)c1. The zero-order valence-electron chi connectivity index (χ0n) is 11.8. The highest BCUT2D eigenvalue weighted by Gasteiger charge is 2.13. The lowest BCUT2D eigenvalue weighted by molar-refractivity contribution is -0.115. The lowest BCUT2D eigenvalue weighted by atomic mass is 10.2. The first-order valence-corrected chi connectivity index (χ1v) is 7.34. The van der Waals surface area contributed by atoms with Crippen molar-refractivity contribution in [2.24, 2.45) is 5.73 Å². The van der Waals surface area contributed by atoms with Crippen molar-refractivity contribution >= 4 is 17.7 Å². The van der Waals surface area contributed by atoms with Crippen molar-refractivity contribution in [3.63, 3.8) is 0 Å². The molecule has 21 heavy (non-hydrogen) atoms. The molecule has 0 aliphatic carbocycles. The van der Waals surface area contributed by atoms with Gasteiger partial charge in [-0.25, -0.2) is 4.68 Å². The minimum Gasteiger partial charge on any atom is -0.491 e. The number of hydrogen-bond acceptors (Lipinski definition) is 6. The summed E-state index contributed by atoms with van der Waals surface area (Å²) in [6, 6.07) is 7.43. The van der Waals surface area contributed by atoms with E-state index in [1.54, 1.807) is 0 Å². The molecule has 0 bridgehead atoms. The van der Waals surface area contributed by atoms with Crippen LogP contribution in [0, 0.1) is 0 Å². The maximum Gasteiger partial charge on any atom is 0.227 e. The average Bonchev–Trinajstić information content (AvgIpc) is 2.77. The first-order chi connectivity index (χ1) is 9.97. The van der Waals surface area contributed by atoms with Gasteiger partial charge in [-0.2, -0.15) is 0 Å². The molecular formula is C13H17N5O2S. The molecule has 0 spiro atoms. The predicted molar refractivity (Wildman–Crippen MR) is 81.3 cm³/mol. The Morgan fingerprint density at radius 1 is 1.43 bits per heavy atom. The lowest BCUT2D eigenvalue weighted by Gasteiger charge is -2.10. The Kier molecular flexibility index (Phi) is 4.69. The maximum absolute atomic E-state index is 10.8. The highest BCUT2D eigenvalue weighted by Crippen LogP contribution is 2.25. The molecule has 0 fully saturated rings. The summed E-state index contributed by atoms with van der Waals surface area (Å²) in [7, 11) is 0. The summed E-state index contributed by atoms with van der Waals surface area (Å²) in [5.41, 5.74) is 5.89. The van der Waals surface area contributed by atoms with Crippen LogP contribution in [0.3, 0.4) is 0 Å². The van der Waals surface area contributed by atoms with Gasteiger partial charge in [0, 0.05) is 5.56 Å². The van der Waals surface area contributed by atoms with Gasteiger partial charge >= 0.3 is 0 Å². The smallest absolute Gasteiger partial charge is 0.227 e. The molecule has 1 aromatic heterocycles. The van der Waals surface area contributed by atoms with E-state index in [9.17, 15) is 4.79 Å². The number of primary amides is 1. The number of rotatable bonds is 6. The van der Waals surface area contributed by atoms with Crippen LogP contribution in [0.15, 0.2) is 29.4 Å². The lowest BCUT2D eigenvalue weighted by Crippen LogP contribution is -2.16. The molecule has 4 N–H and O–H groups in total. The summed E-state index contributed by atoms with van der Waals surface area (Å²) in [5, 5.41) is 8.43. The van der Waals surface area contributed by atoms with Gasteiger partial charge in [0.25, 0.3) is 0 Å². The molecular weight excluding hydrogens is 290 g/mol. The van der Waals surface area contributed by atoms with Crippen LogP contribution in [0.1, 0.15) is 13.8 Å². The van der Waals surface area contributed by atoms with Gasteiger partial charge in [-0.15, -0.1) is 10.2 Å². The van der Waals surface area contributed by atoms with E-state index >= 15 is 0 Å². The molecule has 0 aliphatic rings. The van der Waals surface area contributed by atoms with Crippen LogP contribution in [0.25, 0.3) is 11.4 Å².